The minimum absolute atomic E-state index is 0.243. The molecule has 0 atom stereocenters. The molecule has 0 heterocycles. The molecule has 0 aliphatic carbocycles. The standard InChI is InChI=1S/C9H15NO6/c1-2-3-16-9(15)6-10(4-7(11)12)5-8(13)14/h2-6H2,1H3,(H,11,12)(H,13,14). The van der Waals surface area contributed by atoms with Crippen LogP contribution in [0.4, 0.5) is 0 Å². The number of rotatable bonds is 8. The molecule has 0 rings (SSSR count). The SMILES string of the molecule is CCCOC(=O)CN(CC(=O)O)CC(=O)O. The maximum atomic E-state index is 11.1. The molecule has 0 fully saturated rings. The fraction of sp³-hybridized carbons (Fsp3) is 0.667. The van der Waals surface area contributed by atoms with E-state index in [4.69, 9.17) is 14.9 Å². The first-order valence-electron chi connectivity index (χ1n) is 4.77. The number of esters is 1. The van der Waals surface area contributed by atoms with E-state index >= 15 is 0 Å². The molecule has 0 aromatic heterocycles. The summed E-state index contributed by atoms with van der Waals surface area (Å²) in [6.45, 7) is 0.714. The van der Waals surface area contributed by atoms with Crippen molar-refractivity contribution < 1.29 is 29.3 Å². The third-order valence-electron chi connectivity index (χ3n) is 1.54. The number of aliphatic carboxylic acids is 2. The summed E-state index contributed by atoms with van der Waals surface area (Å²) in [5, 5.41) is 17.0. The van der Waals surface area contributed by atoms with Crippen LogP contribution in [0.3, 0.4) is 0 Å². The van der Waals surface area contributed by atoms with Crippen molar-refractivity contribution in [2.24, 2.45) is 0 Å². The van der Waals surface area contributed by atoms with Crippen molar-refractivity contribution >= 4 is 17.9 Å². The second-order valence-corrected chi connectivity index (χ2v) is 3.15. The smallest absolute Gasteiger partial charge is 0.320 e. The maximum absolute atomic E-state index is 11.1. The lowest BCUT2D eigenvalue weighted by Crippen LogP contribution is -2.38. The zero-order chi connectivity index (χ0) is 12.6. The van der Waals surface area contributed by atoms with Gasteiger partial charge >= 0.3 is 17.9 Å². The van der Waals surface area contributed by atoms with Crippen molar-refractivity contribution in [2.75, 3.05) is 26.2 Å². The molecule has 0 spiro atoms. The van der Waals surface area contributed by atoms with Crippen LogP contribution < -0.4 is 0 Å². The molecule has 0 amide bonds. The lowest BCUT2D eigenvalue weighted by molar-refractivity contribution is -0.148. The molecule has 16 heavy (non-hydrogen) atoms. The molecule has 0 aromatic rings. The van der Waals surface area contributed by atoms with Crippen molar-refractivity contribution in [1.82, 2.24) is 4.90 Å². The molecular weight excluding hydrogens is 218 g/mol. The average molecular weight is 233 g/mol. The number of carboxylic acids is 2. The van der Waals surface area contributed by atoms with Gasteiger partial charge in [0.25, 0.3) is 0 Å². The number of carbonyl (C=O) groups excluding carboxylic acids is 1. The van der Waals surface area contributed by atoms with E-state index in [9.17, 15) is 14.4 Å². The van der Waals surface area contributed by atoms with Gasteiger partial charge in [-0.25, -0.2) is 0 Å². The van der Waals surface area contributed by atoms with Crippen LogP contribution in [0.1, 0.15) is 13.3 Å². The van der Waals surface area contributed by atoms with Gasteiger partial charge in [0.1, 0.15) is 0 Å². The Balaban J connectivity index is 4.13. The molecule has 0 saturated carbocycles. The first kappa shape index (κ1) is 14.4. The Hall–Kier alpha value is -1.63. The summed E-state index contributed by atoms with van der Waals surface area (Å²) >= 11 is 0. The largest absolute Gasteiger partial charge is 0.480 e. The van der Waals surface area contributed by atoms with Gasteiger partial charge in [0.15, 0.2) is 0 Å². The van der Waals surface area contributed by atoms with Crippen LogP contribution in [0.25, 0.3) is 0 Å². The summed E-state index contributed by atoms with van der Waals surface area (Å²) < 4.78 is 4.72. The molecule has 0 aliphatic heterocycles. The Morgan fingerprint density at radius 2 is 1.56 bits per heavy atom. The third-order valence-corrected chi connectivity index (χ3v) is 1.54. The van der Waals surface area contributed by atoms with Crippen LogP contribution >= 0.6 is 0 Å². The second-order valence-electron chi connectivity index (χ2n) is 3.15. The van der Waals surface area contributed by atoms with E-state index in [2.05, 4.69) is 0 Å². The van der Waals surface area contributed by atoms with Crippen LogP contribution in [0, 0.1) is 0 Å². The van der Waals surface area contributed by atoms with E-state index in [1.54, 1.807) is 0 Å². The monoisotopic (exact) mass is 233 g/mol. The van der Waals surface area contributed by atoms with Gasteiger partial charge in [0.2, 0.25) is 0 Å². The molecule has 0 unspecified atom stereocenters. The third kappa shape index (κ3) is 7.74. The second kappa shape index (κ2) is 7.63. The van der Waals surface area contributed by atoms with E-state index < -0.39 is 31.0 Å². The number of carbonyl (C=O) groups is 3. The Labute approximate surface area is 92.6 Å². The number of carboxylic acid groups (broad SMARTS) is 2. The van der Waals surface area contributed by atoms with Crippen LogP contribution in [-0.2, 0) is 19.1 Å². The molecule has 2 N–H and O–H groups in total. The Bertz CT molecular complexity index is 249. The summed E-state index contributed by atoms with van der Waals surface area (Å²) in [5.41, 5.74) is 0. The zero-order valence-electron chi connectivity index (χ0n) is 9.01. The fourth-order valence-corrected chi connectivity index (χ4v) is 0.994. The quantitative estimate of drug-likeness (QED) is 0.540. The number of hydrogen-bond donors (Lipinski definition) is 2. The zero-order valence-corrected chi connectivity index (χ0v) is 9.01. The normalized spacial score (nSPS) is 10.1. The van der Waals surface area contributed by atoms with Crippen LogP contribution in [0.15, 0.2) is 0 Å². The van der Waals surface area contributed by atoms with Crippen LogP contribution in [-0.4, -0.2) is 59.3 Å². The highest BCUT2D eigenvalue weighted by Crippen LogP contribution is 1.92. The molecule has 7 nitrogen and oxygen atoms in total. The molecule has 92 valence electrons. The molecular formula is C9H15NO6. The van der Waals surface area contributed by atoms with E-state index in [1.807, 2.05) is 6.92 Å². The Morgan fingerprint density at radius 3 is 1.94 bits per heavy atom. The van der Waals surface area contributed by atoms with Gasteiger partial charge in [-0.15, -0.1) is 0 Å². The summed E-state index contributed by atoms with van der Waals surface area (Å²) in [6.07, 6.45) is 0.656. The van der Waals surface area contributed by atoms with Crippen molar-refractivity contribution in [2.45, 2.75) is 13.3 Å². The first-order valence-corrected chi connectivity index (χ1v) is 4.77. The van der Waals surface area contributed by atoms with Gasteiger partial charge in [-0.05, 0) is 6.42 Å². The van der Waals surface area contributed by atoms with Crippen molar-refractivity contribution in [3.05, 3.63) is 0 Å². The summed E-state index contributed by atoms with van der Waals surface area (Å²) in [4.78, 5) is 32.9. The number of nitrogens with zero attached hydrogens (tertiary/aromatic N) is 1. The van der Waals surface area contributed by atoms with Gasteiger partial charge in [-0.3, -0.25) is 19.3 Å². The highest BCUT2D eigenvalue weighted by Gasteiger charge is 2.17. The van der Waals surface area contributed by atoms with Crippen molar-refractivity contribution in [3.63, 3.8) is 0 Å². The highest BCUT2D eigenvalue weighted by atomic mass is 16.5. The van der Waals surface area contributed by atoms with Gasteiger partial charge < -0.3 is 14.9 Å². The summed E-state index contributed by atoms with van der Waals surface area (Å²) in [7, 11) is 0. The van der Waals surface area contributed by atoms with Crippen molar-refractivity contribution in [3.8, 4) is 0 Å². The predicted octanol–water partition coefficient (Wildman–Crippen LogP) is -0.589. The fourth-order valence-electron chi connectivity index (χ4n) is 0.994. The van der Waals surface area contributed by atoms with Crippen molar-refractivity contribution in [1.29, 1.82) is 0 Å². The lowest BCUT2D eigenvalue weighted by atomic mass is 10.4. The van der Waals surface area contributed by atoms with Crippen LogP contribution in [0.5, 0.6) is 0 Å². The molecule has 0 saturated heterocycles. The summed E-state index contributed by atoms with van der Waals surface area (Å²) in [6, 6.07) is 0. The summed E-state index contributed by atoms with van der Waals surface area (Å²) in [5.74, 6) is -3.00. The minimum Gasteiger partial charge on any atom is -0.480 e. The molecule has 0 aliphatic rings. The number of ether oxygens (including phenoxy) is 1. The van der Waals surface area contributed by atoms with Crippen LogP contribution in [0.2, 0.25) is 0 Å². The first-order chi connectivity index (χ1) is 7.45. The molecule has 0 aromatic carbocycles. The van der Waals surface area contributed by atoms with Gasteiger partial charge in [0.05, 0.1) is 26.2 Å². The molecule has 0 bridgehead atoms. The number of hydrogen-bond acceptors (Lipinski definition) is 5. The van der Waals surface area contributed by atoms with E-state index in [0.717, 1.165) is 4.90 Å². The average Bonchev–Trinajstić information content (AvgIpc) is 2.12. The van der Waals surface area contributed by atoms with E-state index in [-0.39, 0.29) is 13.2 Å². The maximum Gasteiger partial charge on any atom is 0.320 e. The topological polar surface area (TPSA) is 104 Å². The Kier molecular flexibility index (Phi) is 6.86. The van der Waals surface area contributed by atoms with Gasteiger partial charge in [-0.1, -0.05) is 6.92 Å². The highest BCUT2D eigenvalue weighted by molar-refractivity contribution is 5.76. The molecule has 7 heteroatoms. The van der Waals surface area contributed by atoms with E-state index in [1.165, 1.54) is 0 Å². The predicted molar refractivity (Wildman–Crippen MR) is 53.0 cm³/mol. The minimum atomic E-state index is -1.19. The lowest BCUT2D eigenvalue weighted by Gasteiger charge is -2.16. The van der Waals surface area contributed by atoms with Gasteiger partial charge in [-0.2, -0.15) is 0 Å². The molecule has 0 radical (unpaired) electrons. The van der Waals surface area contributed by atoms with E-state index in [0.29, 0.717) is 6.42 Å². The van der Waals surface area contributed by atoms with Gasteiger partial charge in [0, 0.05) is 0 Å². The Morgan fingerprint density at radius 1 is 1.06 bits per heavy atom.